The summed E-state index contributed by atoms with van der Waals surface area (Å²) < 4.78 is 10.6. The Kier molecular flexibility index (Phi) is 4.13. The van der Waals surface area contributed by atoms with E-state index in [-0.39, 0.29) is 10.8 Å². The molecule has 3 aromatic rings. The zero-order chi connectivity index (χ0) is 15.5. The minimum atomic E-state index is -0.605. The van der Waals surface area contributed by atoms with Gasteiger partial charge in [-0.3, -0.25) is 0 Å². The number of nitrogens with zero attached hydrogens (tertiary/aromatic N) is 1. The lowest BCUT2D eigenvalue weighted by atomic mass is 10.3. The molecule has 22 heavy (non-hydrogen) atoms. The molecule has 0 spiro atoms. The van der Waals surface area contributed by atoms with Crippen molar-refractivity contribution in [1.82, 2.24) is 4.98 Å². The summed E-state index contributed by atoms with van der Waals surface area (Å²) >= 11 is 11.8. The van der Waals surface area contributed by atoms with Gasteiger partial charge in [0, 0.05) is 12.2 Å². The number of fused-ring (bicyclic) bond motifs is 1. The maximum atomic E-state index is 11.8. The first-order valence-corrected chi connectivity index (χ1v) is 7.08. The van der Waals surface area contributed by atoms with Crippen molar-refractivity contribution in [2.75, 3.05) is 0 Å². The molecule has 2 aromatic carbocycles. The van der Waals surface area contributed by atoms with Crippen molar-refractivity contribution < 1.29 is 13.9 Å². The van der Waals surface area contributed by atoms with Crippen LogP contribution in [0.25, 0.3) is 17.2 Å². The lowest BCUT2D eigenvalue weighted by Crippen LogP contribution is -2.04. The number of aromatic nitrogens is 1. The van der Waals surface area contributed by atoms with Gasteiger partial charge in [0.2, 0.25) is 5.89 Å². The Morgan fingerprint density at radius 1 is 1.14 bits per heavy atom. The fraction of sp³-hybridized carbons (Fsp3) is 0. The third-order valence-corrected chi connectivity index (χ3v) is 3.60. The number of benzene rings is 2. The summed E-state index contributed by atoms with van der Waals surface area (Å²) in [5.41, 5.74) is 1.36. The molecular formula is C16H9Cl2NO3. The lowest BCUT2D eigenvalue weighted by Gasteiger charge is -2.04. The van der Waals surface area contributed by atoms with Crippen molar-refractivity contribution in [3.05, 3.63) is 64.5 Å². The molecule has 0 saturated heterocycles. The van der Waals surface area contributed by atoms with Gasteiger partial charge in [-0.25, -0.2) is 9.78 Å². The lowest BCUT2D eigenvalue weighted by molar-refractivity contribution is -0.128. The summed E-state index contributed by atoms with van der Waals surface area (Å²) in [5.74, 6) is -0.0943. The van der Waals surface area contributed by atoms with E-state index in [0.717, 1.165) is 0 Å². The summed E-state index contributed by atoms with van der Waals surface area (Å²) in [5, 5.41) is 0.502. The van der Waals surface area contributed by atoms with Gasteiger partial charge in [0.1, 0.15) is 10.5 Å². The SMILES string of the molecule is O=C(/C=C/c1nc2ccccc2o1)Oc1cccc(Cl)c1Cl. The molecule has 0 amide bonds. The van der Waals surface area contributed by atoms with Gasteiger partial charge >= 0.3 is 5.97 Å². The van der Waals surface area contributed by atoms with Gasteiger partial charge in [-0.1, -0.05) is 41.4 Å². The van der Waals surface area contributed by atoms with E-state index >= 15 is 0 Å². The molecule has 0 unspecified atom stereocenters. The maximum Gasteiger partial charge on any atom is 0.336 e. The van der Waals surface area contributed by atoms with Crippen molar-refractivity contribution in [1.29, 1.82) is 0 Å². The molecular weight excluding hydrogens is 325 g/mol. The van der Waals surface area contributed by atoms with E-state index in [9.17, 15) is 4.79 Å². The van der Waals surface area contributed by atoms with Gasteiger partial charge < -0.3 is 9.15 Å². The second kappa shape index (κ2) is 6.22. The Balaban J connectivity index is 1.74. The molecule has 0 bridgehead atoms. The molecule has 1 heterocycles. The van der Waals surface area contributed by atoms with Crippen LogP contribution < -0.4 is 4.74 Å². The molecule has 4 nitrogen and oxygen atoms in total. The van der Waals surface area contributed by atoms with Crippen LogP contribution in [0.15, 0.2) is 53.0 Å². The fourth-order valence-electron chi connectivity index (χ4n) is 1.81. The molecule has 0 radical (unpaired) electrons. The van der Waals surface area contributed by atoms with Crippen LogP contribution in [0.1, 0.15) is 5.89 Å². The molecule has 3 rings (SSSR count). The van der Waals surface area contributed by atoms with Crippen LogP contribution >= 0.6 is 23.2 Å². The largest absolute Gasteiger partial charge is 0.437 e. The van der Waals surface area contributed by atoms with Crippen LogP contribution in [-0.2, 0) is 4.79 Å². The normalized spacial score (nSPS) is 11.2. The van der Waals surface area contributed by atoms with E-state index in [1.807, 2.05) is 18.2 Å². The Morgan fingerprint density at radius 2 is 1.95 bits per heavy atom. The van der Waals surface area contributed by atoms with E-state index in [1.54, 1.807) is 24.3 Å². The number of rotatable bonds is 3. The number of esters is 1. The number of hydrogen-bond acceptors (Lipinski definition) is 4. The Labute approximate surface area is 135 Å². The molecule has 0 aliphatic rings. The van der Waals surface area contributed by atoms with E-state index in [2.05, 4.69) is 4.98 Å². The first kappa shape index (κ1) is 14.6. The highest BCUT2D eigenvalue weighted by Gasteiger charge is 2.09. The summed E-state index contributed by atoms with van der Waals surface area (Å²) in [4.78, 5) is 16.0. The van der Waals surface area contributed by atoms with Crippen LogP contribution in [0.4, 0.5) is 0 Å². The van der Waals surface area contributed by atoms with E-state index in [0.29, 0.717) is 22.0 Å². The zero-order valence-corrected chi connectivity index (χ0v) is 12.6. The topological polar surface area (TPSA) is 52.3 Å². The van der Waals surface area contributed by atoms with Crippen LogP contribution in [0.3, 0.4) is 0 Å². The van der Waals surface area contributed by atoms with Gasteiger partial charge in [0.05, 0.1) is 5.02 Å². The minimum absolute atomic E-state index is 0.188. The number of carbonyl (C=O) groups is 1. The average Bonchev–Trinajstić information content (AvgIpc) is 2.93. The van der Waals surface area contributed by atoms with Crippen LogP contribution in [0.5, 0.6) is 5.75 Å². The van der Waals surface area contributed by atoms with Gasteiger partial charge in [-0.2, -0.15) is 0 Å². The fourth-order valence-corrected chi connectivity index (χ4v) is 2.14. The molecule has 110 valence electrons. The first-order valence-electron chi connectivity index (χ1n) is 6.33. The highest BCUT2D eigenvalue weighted by atomic mass is 35.5. The Morgan fingerprint density at radius 3 is 2.77 bits per heavy atom. The van der Waals surface area contributed by atoms with Crippen molar-refractivity contribution in [2.45, 2.75) is 0 Å². The third kappa shape index (κ3) is 3.13. The summed E-state index contributed by atoms with van der Waals surface area (Å²) in [6.07, 6.45) is 2.64. The zero-order valence-electron chi connectivity index (χ0n) is 11.1. The van der Waals surface area contributed by atoms with E-state index < -0.39 is 5.97 Å². The monoisotopic (exact) mass is 333 g/mol. The Bertz CT molecular complexity index is 838. The minimum Gasteiger partial charge on any atom is -0.437 e. The molecule has 0 aliphatic heterocycles. The predicted octanol–water partition coefficient (Wildman–Crippen LogP) is 4.75. The Hall–Kier alpha value is -2.30. The summed E-state index contributed by atoms with van der Waals surface area (Å²) in [6, 6.07) is 12.1. The van der Waals surface area contributed by atoms with E-state index in [1.165, 1.54) is 12.2 Å². The molecule has 0 atom stereocenters. The van der Waals surface area contributed by atoms with Gasteiger partial charge in [0.25, 0.3) is 0 Å². The number of carbonyl (C=O) groups excluding carboxylic acids is 1. The van der Waals surface area contributed by atoms with Crippen LogP contribution in [0, 0.1) is 0 Å². The van der Waals surface area contributed by atoms with Crippen LogP contribution in [0.2, 0.25) is 10.0 Å². The second-order valence-electron chi connectivity index (χ2n) is 4.33. The number of halogens is 2. The smallest absolute Gasteiger partial charge is 0.336 e. The van der Waals surface area contributed by atoms with Crippen molar-refractivity contribution in [3.63, 3.8) is 0 Å². The number of ether oxygens (including phenoxy) is 1. The van der Waals surface area contributed by atoms with Crippen molar-refractivity contribution in [2.24, 2.45) is 0 Å². The van der Waals surface area contributed by atoms with Gasteiger partial charge in [-0.15, -0.1) is 0 Å². The third-order valence-electron chi connectivity index (χ3n) is 2.80. The number of hydrogen-bond donors (Lipinski definition) is 0. The van der Waals surface area contributed by atoms with Crippen LogP contribution in [-0.4, -0.2) is 11.0 Å². The standard InChI is InChI=1S/C16H9Cl2NO3/c17-10-4-3-7-13(16(10)18)22-15(20)9-8-14-19-11-5-1-2-6-12(11)21-14/h1-9H/b9-8+. The average molecular weight is 334 g/mol. The summed E-state index contributed by atoms with van der Waals surface area (Å²) in [6.45, 7) is 0. The highest BCUT2D eigenvalue weighted by molar-refractivity contribution is 6.43. The maximum absolute atomic E-state index is 11.8. The van der Waals surface area contributed by atoms with Gasteiger partial charge in [0.15, 0.2) is 11.3 Å². The predicted molar refractivity (Wildman–Crippen MR) is 85.1 cm³/mol. The van der Waals surface area contributed by atoms with Gasteiger partial charge in [-0.05, 0) is 24.3 Å². The quantitative estimate of drug-likeness (QED) is 0.394. The number of oxazole rings is 1. The number of para-hydroxylation sites is 2. The first-order chi connectivity index (χ1) is 10.6. The highest BCUT2D eigenvalue weighted by Crippen LogP contribution is 2.31. The van der Waals surface area contributed by atoms with E-state index in [4.69, 9.17) is 32.4 Å². The molecule has 0 saturated carbocycles. The molecule has 0 aliphatic carbocycles. The van der Waals surface area contributed by atoms with Crippen molar-refractivity contribution in [3.8, 4) is 5.75 Å². The molecule has 1 aromatic heterocycles. The molecule has 6 heteroatoms. The molecule has 0 N–H and O–H groups in total. The molecule has 0 fully saturated rings. The summed E-state index contributed by atoms with van der Waals surface area (Å²) in [7, 11) is 0. The van der Waals surface area contributed by atoms with Crippen molar-refractivity contribution >= 4 is 46.3 Å². The second-order valence-corrected chi connectivity index (χ2v) is 5.11.